The molecule has 5 rings (SSSR count). The summed E-state index contributed by atoms with van der Waals surface area (Å²) in [5.74, 6) is 0.273. The number of para-hydroxylation sites is 1. The average Bonchev–Trinajstić information content (AvgIpc) is 2.80. The quantitative estimate of drug-likeness (QED) is 0.512. The summed E-state index contributed by atoms with van der Waals surface area (Å²) in [6.45, 7) is 0.197. The van der Waals surface area contributed by atoms with Gasteiger partial charge in [0.25, 0.3) is 5.91 Å². The molecule has 0 radical (unpaired) electrons. The van der Waals surface area contributed by atoms with Gasteiger partial charge in [0.2, 0.25) is 5.91 Å². The van der Waals surface area contributed by atoms with Crippen LogP contribution in [-0.2, 0) is 9.59 Å². The van der Waals surface area contributed by atoms with E-state index in [0.29, 0.717) is 27.0 Å². The lowest BCUT2D eigenvalue weighted by atomic mass is 9.74. The Bertz CT molecular complexity index is 1240. The summed E-state index contributed by atoms with van der Waals surface area (Å²) in [4.78, 5) is 28.1. The van der Waals surface area contributed by atoms with Crippen molar-refractivity contribution in [3.8, 4) is 5.75 Å². The number of fused-ring (bicyclic) bond motifs is 1. The van der Waals surface area contributed by atoms with Gasteiger partial charge in [-0.3, -0.25) is 14.5 Å². The smallest absolute Gasteiger partial charge is 0.255 e. The number of carbonyl (C=O) groups excluding carboxylic acids is 2. The van der Waals surface area contributed by atoms with E-state index < -0.39 is 5.54 Å². The van der Waals surface area contributed by atoms with E-state index in [9.17, 15) is 9.59 Å². The molecule has 0 aromatic heterocycles. The summed E-state index contributed by atoms with van der Waals surface area (Å²) >= 11 is 12.0. The molecule has 2 amide bonds. The Kier molecular flexibility index (Phi) is 5.16. The molecule has 32 heavy (non-hydrogen) atoms. The van der Waals surface area contributed by atoms with Crippen molar-refractivity contribution >= 4 is 52.5 Å². The van der Waals surface area contributed by atoms with Gasteiger partial charge in [0.05, 0.1) is 6.42 Å². The van der Waals surface area contributed by atoms with Crippen molar-refractivity contribution in [3.63, 3.8) is 0 Å². The summed E-state index contributed by atoms with van der Waals surface area (Å²) in [6.07, 6.45) is 1.97. The number of β-lactam (4-membered cyclic amide) rings is 1. The van der Waals surface area contributed by atoms with Gasteiger partial charge in [-0.2, -0.15) is 0 Å². The highest BCUT2D eigenvalue weighted by molar-refractivity contribution is 6.31. The number of rotatable bonds is 4. The van der Waals surface area contributed by atoms with E-state index in [1.54, 1.807) is 48.5 Å². The molecular formula is C25H18Cl2N2O3. The Morgan fingerprint density at radius 1 is 0.938 bits per heavy atom. The summed E-state index contributed by atoms with van der Waals surface area (Å²) in [5, 5.41) is 4.07. The molecule has 2 aliphatic heterocycles. The predicted molar refractivity (Wildman–Crippen MR) is 126 cm³/mol. The normalized spacial score (nSPS) is 19.4. The van der Waals surface area contributed by atoms with Crippen LogP contribution >= 0.6 is 23.2 Å². The number of nitrogens with zero attached hydrogens (tertiary/aromatic N) is 1. The first-order chi connectivity index (χ1) is 15.5. The topological polar surface area (TPSA) is 58.6 Å². The van der Waals surface area contributed by atoms with Crippen molar-refractivity contribution in [2.75, 3.05) is 16.8 Å². The lowest BCUT2D eigenvalue weighted by Gasteiger charge is -2.52. The highest BCUT2D eigenvalue weighted by Gasteiger charge is 2.60. The first-order valence-corrected chi connectivity index (χ1v) is 10.8. The fourth-order valence-corrected chi connectivity index (χ4v) is 4.41. The summed E-state index contributed by atoms with van der Waals surface area (Å²) in [6, 6.07) is 21.3. The van der Waals surface area contributed by atoms with Crippen LogP contribution in [0.2, 0.25) is 10.0 Å². The van der Waals surface area contributed by atoms with Gasteiger partial charge >= 0.3 is 0 Å². The van der Waals surface area contributed by atoms with Crippen LogP contribution in [0, 0.1) is 0 Å². The first-order valence-electron chi connectivity index (χ1n) is 10.1. The van der Waals surface area contributed by atoms with Crippen molar-refractivity contribution < 1.29 is 14.3 Å². The van der Waals surface area contributed by atoms with E-state index in [-0.39, 0.29) is 24.8 Å². The van der Waals surface area contributed by atoms with Crippen LogP contribution < -0.4 is 15.0 Å². The van der Waals surface area contributed by atoms with Gasteiger partial charge in [0, 0.05) is 32.6 Å². The number of carbonyl (C=O) groups is 2. The van der Waals surface area contributed by atoms with Crippen LogP contribution in [0.5, 0.6) is 5.75 Å². The molecule has 0 spiro atoms. The molecule has 3 aromatic carbocycles. The number of halogens is 2. The maximum atomic E-state index is 13.7. The Morgan fingerprint density at radius 2 is 1.59 bits per heavy atom. The van der Waals surface area contributed by atoms with Gasteiger partial charge in [-0.15, -0.1) is 0 Å². The second-order valence-corrected chi connectivity index (χ2v) is 8.57. The van der Waals surface area contributed by atoms with Crippen LogP contribution in [0.25, 0.3) is 6.08 Å². The molecule has 0 saturated carbocycles. The number of nitrogens with one attached hydrogen (secondary N) is 1. The van der Waals surface area contributed by atoms with E-state index in [2.05, 4.69) is 5.32 Å². The van der Waals surface area contributed by atoms with Crippen molar-refractivity contribution in [2.24, 2.45) is 0 Å². The Balaban J connectivity index is 1.60. The van der Waals surface area contributed by atoms with Gasteiger partial charge in [-0.1, -0.05) is 41.4 Å². The minimum absolute atomic E-state index is 0.0341. The van der Waals surface area contributed by atoms with Crippen molar-refractivity contribution in [1.82, 2.24) is 0 Å². The zero-order valence-corrected chi connectivity index (χ0v) is 18.4. The maximum Gasteiger partial charge on any atom is 0.255 e. The number of benzene rings is 3. The third-order valence-electron chi connectivity index (χ3n) is 5.76. The minimum atomic E-state index is -1.22. The molecular weight excluding hydrogens is 447 g/mol. The molecule has 1 fully saturated rings. The molecule has 0 aliphatic carbocycles. The molecule has 5 nitrogen and oxygen atoms in total. The Morgan fingerprint density at radius 3 is 2.28 bits per heavy atom. The van der Waals surface area contributed by atoms with Crippen molar-refractivity contribution in [3.05, 3.63) is 94.0 Å². The number of hydrogen-bond donors (Lipinski definition) is 1. The average molecular weight is 465 g/mol. The molecule has 0 bridgehead atoms. The molecule has 1 atom stereocenters. The van der Waals surface area contributed by atoms with Crippen molar-refractivity contribution in [2.45, 2.75) is 12.0 Å². The molecule has 2 heterocycles. The molecule has 1 saturated heterocycles. The predicted octanol–water partition coefficient (Wildman–Crippen LogP) is 5.58. The summed E-state index contributed by atoms with van der Waals surface area (Å²) in [5.41, 5.74) is 1.53. The first kappa shape index (κ1) is 20.6. The van der Waals surface area contributed by atoms with Crippen LogP contribution in [0.4, 0.5) is 11.4 Å². The Hall–Kier alpha value is -3.28. The lowest BCUT2D eigenvalue weighted by molar-refractivity contribution is -0.135. The molecule has 3 aromatic rings. The number of ether oxygens (including phenoxy) is 1. The minimum Gasteiger partial charge on any atom is -0.489 e. The van der Waals surface area contributed by atoms with Gasteiger partial charge in [0.15, 0.2) is 5.54 Å². The molecule has 1 N–H and O–H groups in total. The maximum absolute atomic E-state index is 13.7. The molecule has 160 valence electrons. The van der Waals surface area contributed by atoms with Gasteiger partial charge < -0.3 is 10.1 Å². The summed E-state index contributed by atoms with van der Waals surface area (Å²) in [7, 11) is 0. The largest absolute Gasteiger partial charge is 0.489 e. The van der Waals surface area contributed by atoms with E-state index in [1.807, 2.05) is 30.3 Å². The van der Waals surface area contributed by atoms with Crippen LogP contribution in [0.1, 0.15) is 12.0 Å². The highest BCUT2D eigenvalue weighted by Crippen LogP contribution is 2.45. The lowest BCUT2D eigenvalue weighted by Crippen LogP contribution is -2.71. The SMILES string of the molecule is O=C1CC(C(=O)Nc2ccc(Cl)cc2)(C2=Cc3ccccc3OC2)N1c1ccc(Cl)cc1. The molecule has 7 heteroatoms. The fourth-order valence-electron chi connectivity index (χ4n) is 4.16. The second kappa shape index (κ2) is 8.01. The zero-order valence-electron chi connectivity index (χ0n) is 16.8. The van der Waals surface area contributed by atoms with E-state index >= 15 is 0 Å². The van der Waals surface area contributed by atoms with Crippen LogP contribution in [0.3, 0.4) is 0 Å². The molecule has 1 unspecified atom stereocenters. The second-order valence-electron chi connectivity index (χ2n) is 7.70. The number of anilines is 2. The van der Waals surface area contributed by atoms with Gasteiger partial charge in [0.1, 0.15) is 12.4 Å². The third kappa shape index (κ3) is 3.44. The fraction of sp³-hybridized carbons (Fsp3) is 0.120. The van der Waals surface area contributed by atoms with E-state index in [0.717, 1.165) is 11.3 Å². The van der Waals surface area contributed by atoms with Gasteiger partial charge in [-0.25, -0.2) is 0 Å². The third-order valence-corrected chi connectivity index (χ3v) is 6.27. The number of hydrogen-bond acceptors (Lipinski definition) is 3. The van der Waals surface area contributed by atoms with Crippen LogP contribution in [0.15, 0.2) is 78.4 Å². The monoisotopic (exact) mass is 464 g/mol. The summed E-state index contributed by atoms with van der Waals surface area (Å²) < 4.78 is 5.95. The molecule has 2 aliphatic rings. The zero-order chi connectivity index (χ0) is 22.3. The van der Waals surface area contributed by atoms with E-state index in [4.69, 9.17) is 27.9 Å². The van der Waals surface area contributed by atoms with Gasteiger partial charge in [-0.05, 0) is 60.7 Å². The highest BCUT2D eigenvalue weighted by atomic mass is 35.5. The standard InChI is InChI=1S/C25H18Cl2N2O3/c26-18-5-9-20(10-6-18)28-24(31)25(17-13-16-3-1-2-4-22(16)32-15-17)14-23(30)29(25)21-11-7-19(27)8-12-21/h1-13H,14-15H2,(H,28,31). The van der Waals surface area contributed by atoms with Crippen molar-refractivity contribution in [1.29, 1.82) is 0 Å². The van der Waals surface area contributed by atoms with E-state index in [1.165, 1.54) is 4.90 Å². The number of amides is 2. The Labute approximate surface area is 195 Å². The van der Waals surface area contributed by atoms with Crippen LogP contribution in [-0.4, -0.2) is 24.0 Å².